The number of carbonyl (C=O) groups is 1. The van der Waals surface area contributed by atoms with Gasteiger partial charge in [0.1, 0.15) is 17.7 Å². The van der Waals surface area contributed by atoms with Crippen molar-refractivity contribution in [2.24, 2.45) is 0 Å². The summed E-state index contributed by atoms with van der Waals surface area (Å²) in [6.45, 7) is 3.16. The predicted octanol–water partition coefficient (Wildman–Crippen LogP) is 2.47. The Morgan fingerprint density at radius 3 is 2.95 bits per heavy atom. The van der Waals surface area contributed by atoms with E-state index in [1.807, 2.05) is 28.5 Å². The number of carboxylic acid groups (broad SMARTS) is 1. The van der Waals surface area contributed by atoms with Crippen molar-refractivity contribution in [2.75, 3.05) is 0 Å². The smallest absolute Gasteiger partial charge is 0.322 e. The topological polar surface area (TPSA) is 71.2 Å². The number of rotatable bonds is 3. The van der Waals surface area contributed by atoms with Gasteiger partial charge in [-0.25, -0.2) is 0 Å². The molecule has 2 heterocycles. The zero-order chi connectivity index (χ0) is 15.9. The molecule has 0 bridgehead atoms. The van der Waals surface area contributed by atoms with Crippen LogP contribution in [0.2, 0.25) is 5.02 Å². The average Bonchev–Trinajstić information content (AvgIpc) is 2.83. The fourth-order valence-corrected chi connectivity index (χ4v) is 3.18. The standard InChI is InChI=1S/C14H14BrClN4O2/c1-8-17-18-13-7-19(12(14(21)22)6-20(8)13)5-9-2-3-11(16)10(15)4-9/h2-4,12H,5-7H2,1H3,(H,21,22). The highest BCUT2D eigenvalue weighted by molar-refractivity contribution is 9.10. The largest absolute Gasteiger partial charge is 0.480 e. The van der Waals surface area contributed by atoms with Crippen LogP contribution in [-0.4, -0.2) is 36.8 Å². The van der Waals surface area contributed by atoms with Gasteiger partial charge >= 0.3 is 5.97 Å². The van der Waals surface area contributed by atoms with Crippen molar-refractivity contribution in [1.82, 2.24) is 19.7 Å². The van der Waals surface area contributed by atoms with Gasteiger partial charge < -0.3 is 9.67 Å². The van der Waals surface area contributed by atoms with E-state index in [2.05, 4.69) is 26.1 Å². The van der Waals surface area contributed by atoms with Gasteiger partial charge in [-0.05, 0) is 40.5 Å². The maximum Gasteiger partial charge on any atom is 0.322 e. The van der Waals surface area contributed by atoms with E-state index in [9.17, 15) is 9.90 Å². The highest BCUT2D eigenvalue weighted by Gasteiger charge is 2.33. The summed E-state index contributed by atoms with van der Waals surface area (Å²) in [4.78, 5) is 13.5. The maximum absolute atomic E-state index is 11.6. The van der Waals surface area contributed by atoms with Crippen LogP contribution in [0.15, 0.2) is 22.7 Å². The van der Waals surface area contributed by atoms with Crippen molar-refractivity contribution < 1.29 is 9.90 Å². The Morgan fingerprint density at radius 1 is 1.50 bits per heavy atom. The van der Waals surface area contributed by atoms with E-state index in [0.29, 0.717) is 24.7 Å². The van der Waals surface area contributed by atoms with Crippen LogP contribution < -0.4 is 0 Å². The van der Waals surface area contributed by atoms with Crippen molar-refractivity contribution in [2.45, 2.75) is 32.6 Å². The van der Waals surface area contributed by atoms with Crippen LogP contribution in [0.5, 0.6) is 0 Å². The van der Waals surface area contributed by atoms with E-state index in [4.69, 9.17) is 11.6 Å². The Kier molecular flexibility index (Phi) is 4.20. The van der Waals surface area contributed by atoms with Gasteiger partial charge in [-0.3, -0.25) is 9.69 Å². The van der Waals surface area contributed by atoms with Gasteiger partial charge in [0.05, 0.1) is 18.1 Å². The Bertz CT molecular complexity index is 734. The summed E-state index contributed by atoms with van der Waals surface area (Å²) >= 11 is 9.39. The molecule has 116 valence electrons. The Balaban J connectivity index is 1.87. The van der Waals surface area contributed by atoms with Gasteiger partial charge in [-0.1, -0.05) is 17.7 Å². The molecule has 1 aromatic carbocycles. The maximum atomic E-state index is 11.6. The first-order valence-electron chi connectivity index (χ1n) is 6.75. The fraction of sp³-hybridized carbons (Fsp3) is 0.357. The molecule has 1 aromatic heterocycles. The lowest BCUT2D eigenvalue weighted by atomic mass is 10.1. The third-order valence-corrected chi connectivity index (χ3v) is 5.02. The molecule has 0 radical (unpaired) electrons. The molecule has 3 rings (SSSR count). The van der Waals surface area contributed by atoms with E-state index in [1.165, 1.54) is 0 Å². The molecule has 0 amide bonds. The molecular formula is C14H14BrClN4O2. The van der Waals surface area contributed by atoms with Crippen LogP contribution in [-0.2, 0) is 24.4 Å². The van der Waals surface area contributed by atoms with E-state index in [1.54, 1.807) is 6.07 Å². The lowest BCUT2D eigenvalue weighted by molar-refractivity contribution is -0.145. The van der Waals surface area contributed by atoms with E-state index >= 15 is 0 Å². The highest BCUT2D eigenvalue weighted by Crippen LogP contribution is 2.26. The van der Waals surface area contributed by atoms with Gasteiger partial charge in [0.25, 0.3) is 0 Å². The van der Waals surface area contributed by atoms with Crippen LogP contribution in [0.3, 0.4) is 0 Å². The summed E-state index contributed by atoms with van der Waals surface area (Å²) in [7, 11) is 0. The minimum atomic E-state index is -0.841. The Morgan fingerprint density at radius 2 is 2.27 bits per heavy atom. The molecule has 1 aliphatic rings. The lowest BCUT2D eigenvalue weighted by Gasteiger charge is -2.33. The molecule has 8 heteroatoms. The molecule has 1 unspecified atom stereocenters. The average molecular weight is 386 g/mol. The third-order valence-electron chi connectivity index (χ3n) is 3.81. The Labute approximate surface area is 140 Å². The number of aryl methyl sites for hydroxylation is 1. The zero-order valence-corrected chi connectivity index (χ0v) is 14.2. The number of halogens is 2. The molecule has 0 aliphatic carbocycles. The summed E-state index contributed by atoms with van der Waals surface area (Å²) in [6, 6.07) is 5.01. The van der Waals surface area contributed by atoms with Crippen molar-refractivity contribution >= 4 is 33.5 Å². The number of aliphatic carboxylic acids is 1. The SMILES string of the molecule is Cc1nnc2n1CC(C(=O)O)N(Cc1ccc(Cl)c(Br)c1)C2. The summed E-state index contributed by atoms with van der Waals surface area (Å²) in [5.74, 6) is 0.699. The molecule has 6 nitrogen and oxygen atoms in total. The first-order valence-corrected chi connectivity index (χ1v) is 7.92. The number of benzene rings is 1. The summed E-state index contributed by atoms with van der Waals surface area (Å²) in [5, 5.41) is 18.3. The first-order chi connectivity index (χ1) is 10.5. The fourth-order valence-electron chi connectivity index (χ4n) is 2.63. The zero-order valence-electron chi connectivity index (χ0n) is 11.8. The molecule has 2 aromatic rings. The van der Waals surface area contributed by atoms with Gasteiger partial charge in [0, 0.05) is 11.0 Å². The second kappa shape index (κ2) is 5.98. The molecule has 0 saturated heterocycles. The molecule has 0 saturated carbocycles. The summed E-state index contributed by atoms with van der Waals surface area (Å²) < 4.78 is 2.67. The highest BCUT2D eigenvalue weighted by atomic mass is 79.9. The van der Waals surface area contributed by atoms with Crippen molar-refractivity contribution in [3.05, 3.63) is 44.9 Å². The van der Waals surface area contributed by atoms with E-state index in [0.717, 1.165) is 21.7 Å². The number of carboxylic acids is 1. The molecule has 22 heavy (non-hydrogen) atoms. The quantitative estimate of drug-likeness (QED) is 0.879. The van der Waals surface area contributed by atoms with Crippen LogP contribution >= 0.6 is 27.5 Å². The van der Waals surface area contributed by atoms with E-state index in [-0.39, 0.29) is 0 Å². The van der Waals surface area contributed by atoms with Gasteiger partial charge in [-0.15, -0.1) is 10.2 Å². The second-order valence-corrected chi connectivity index (χ2v) is 6.54. The van der Waals surface area contributed by atoms with Crippen molar-refractivity contribution in [1.29, 1.82) is 0 Å². The van der Waals surface area contributed by atoms with E-state index < -0.39 is 12.0 Å². The van der Waals surface area contributed by atoms with Crippen LogP contribution in [0.25, 0.3) is 0 Å². The molecular weight excluding hydrogens is 372 g/mol. The van der Waals surface area contributed by atoms with Gasteiger partial charge in [0.15, 0.2) is 0 Å². The third kappa shape index (κ3) is 2.88. The Hall–Kier alpha value is -1.44. The van der Waals surface area contributed by atoms with Gasteiger partial charge in [0.2, 0.25) is 0 Å². The number of fused-ring (bicyclic) bond motifs is 1. The molecule has 1 aliphatic heterocycles. The summed E-state index contributed by atoms with van der Waals surface area (Å²) in [5.41, 5.74) is 0.993. The van der Waals surface area contributed by atoms with Crippen molar-refractivity contribution in [3.8, 4) is 0 Å². The molecule has 0 fully saturated rings. The second-order valence-electron chi connectivity index (χ2n) is 5.28. The first kappa shape index (κ1) is 15.5. The number of nitrogens with zero attached hydrogens (tertiary/aromatic N) is 4. The lowest BCUT2D eigenvalue weighted by Crippen LogP contribution is -2.47. The van der Waals surface area contributed by atoms with Crippen LogP contribution in [0.4, 0.5) is 0 Å². The molecule has 1 N–H and O–H groups in total. The molecule has 1 atom stereocenters. The van der Waals surface area contributed by atoms with Crippen molar-refractivity contribution in [3.63, 3.8) is 0 Å². The molecule has 0 spiro atoms. The van der Waals surface area contributed by atoms with Crippen LogP contribution in [0, 0.1) is 6.92 Å². The number of hydrogen-bond donors (Lipinski definition) is 1. The van der Waals surface area contributed by atoms with Gasteiger partial charge in [-0.2, -0.15) is 0 Å². The minimum Gasteiger partial charge on any atom is -0.480 e. The minimum absolute atomic E-state index is 0.359. The van der Waals surface area contributed by atoms with Crippen LogP contribution in [0.1, 0.15) is 17.2 Å². The summed E-state index contributed by atoms with van der Waals surface area (Å²) in [6.07, 6.45) is 0. The number of aromatic nitrogens is 3. The normalized spacial score (nSPS) is 18.2. The predicted molar refractivity (Wildman–Crippen MR) is 84.6 cm³/mol. The monoisotopic (exact) mass is 384 g/mol. The number of hydrogen-bond acceptors (Lipinski definition) is 4.